The second kappa shape index (κ2) is 9.86. The van der Waals surface area contributed by atoms with Crippen LogP contribution in [-0.2, 0) is 13.0 Å². The largest absolute Gasteiger partial charge is 0.382 e. The highest BCUT2D eigenvalue weighted by atomic mass is 15.2. The molecular formula is C25H38N6. The third kappa shape index (κ3) is 4.64. The smallest absolute Gasteiger partial charge is 0.152 e. The predicted octanol–water partition coefficient (Wildman–Crippen LogP) is 4.84. The Bertz CT molecular complexity index is 1020. The van der Waals surface area contributed by atoms with Crippen molar-refractivity contribution in [3.8, 4) is 0 Å². The molecule has 0 saturated carbocycles. The summed E-state index contributed by atoms with van der Waals surface area (Å²) >= 11 is 0. The zero-order valence-corrected chi connectivity index (χ0v) is 19.5. The number of benzene rings is 1. The second-order valence-electron chi connectivity index (χ2n) is 9.03. The number of piperazine rings is 1. The van der Waals surface area contributed by atoms with Crippen LogP contribution < -0.4 is 10.6 Å². The first-order valence-electron chi connectivity index (χ1n) is 12.1. The molecule has 2 aromatic heterocycles. The van der Waals surface area contributed by atoms with E-state index in [0.717, 1.165) is 56.6 Å². The van der Waals surface area contributed by atoms with Crippen LogP contribution in [0.1, 0.15) is 58.2 Å². The molecule has 6 nitrogen and oxygen atoms in total. The fourth-order valence-corrected chi connectivity index (χ4v) is 4.67. The predicted molar refractivity (Wildman–Crippen MR) is 132 cm³/mol. The van der Waals surface area contributed by atoms with E-state index in [9.17, 15) is 0 Å². The third-order valence-corrected chi connectivity index (χ3v) is 6.62. The molecule has 0 atom stereocenters. The quantitative estimate of drug-likeness (QED) is 0.500. The number of hydrogen-bond donors (Lipinski definition) is 1. The van der Waals surface area contributed by atoms with Crippen LogP contribution in [0.25, 0.3) is 21.9 Å². The molecule has 0 radical (unpaired) electrons. The van der Waals surface area contributed by atoms with Crippen molar-refractivity contribution in [1.29, 1.82) is 0 Å². The lowest BCUT2D eigenvalue weighted by molar-refractivity contribution is 0.313. The Morgan fingerprint density at radius 1 is 0.935 bits per heavy atom. The van der Waals surface area contributed by atoms with Gasteiger partial charge in [0, 0.05) is 50.2 Å². The maximum atomic E-state index is 6.40. The van der Waals surface area contributed by atoms with Gasteiger partial charge in [0.25, 0.3) is 0 Å². The van der Waals surface area contributed by atoms with Crippen LogP contribution in [0.3, 0.4) is 0 Å². The molecule has 2 N–H and O–H groups in total. The molecule has 168 valence electrons. The Hall–Kier alpha value is -2.34. The summed E-state index contributed by atoms with van der Waals surface area (Å²) in [5.74, 6) is 1.72. The Morgan fingerprint density at radius 3 is 2.45 bits per heavy atom. The molecule has 3 aromatic rings. The number of likely N-dealkylation sites (N-methyl/N-ethyl adjacent to an activating group) is 1. The zero-order valence-electron chi connectivity index (χ0n) is 19.5. The lowest BCUT2D eigenvalue weighted by atomic mass is 10.1. The number of aryl methyl sites for hydroxylation is 2. The number of aromatic nitrogens is 3. The van der Waals surface area contributed by atoms with Crippen LogP contribution in [-0.4, -0.2) is 52.7 Å². The van der Waals surface area contributed by atoms with E-state index in [0.29, 0.717) is 5.82 Å². The first-order valence-corrected chi connectivity index (χ1v) is 12.1. The van der Waals surface area contributed by atoms with Crippen molar-refractivity contribution < 1.29 is 0 Å². The van der Waals surface area contributed by atoms with Crippen molar-refractivity contribution in [2.24, 2.45) is 0 Å². The summed E-state index contributed by atoms with van der Waals surface area (Å²) in [6, 6.07) is 6.66. The summed E-state index contributed by atoms with van der Waals surface area (Å²) in [6.45, 7) is 9.83. The van der Waals surface area contributed by atoms with Gasteiger partial charge in [-0.15, -0.1) is 0 Å². The minimum Gasteiger partial charge on any atom is -0.382 e. The number of nitrogen functional groups attached to an aromatic ring is 1. The topological polar surface area (TPSA) is 63.2 Å². The van der Waals surface area contributed by atoms with Crippen LogP contribution in [0.5, 0.6) is 0 Å². The van der Waals surface area contributed by atoms with Gasteiger partial charge in [-0.2, -0.15) is 0 Å². The molecule has 1 aliphatic heterocycles. The van der Waals surface area contributed by atoms with Gasteiger partial charge in [0.05, 0.1) is 11.0 Å². The van der Waals surface area contributed by atoms with E-state index in [2.05, 4.69) is 53.5 Å². The Labute approximate surface area is 186 Å². The lowest BCUT2D eigenvalue weighted by Gasteiger charge is -2.34. The minimum atomic E-state index is 0.555. The first kappa shape index (κ1) is 21.9. The van der Waals surface area contributed by atoms with Crippen LogP contribution in [0.4, 0.5) is 11.5 Å². The standard InChI is InChI=1S/C25H38N6/c1-4-6-8-9-13-31-22(10-7-5-2)28-23-24(31)20-18-19(11-12-21(20)27-25(23)26)30-16-14-29(3)15-17-30/h11-12,18H,4-10,13-17H2,1-3H3,(H2,26,27). The van der Waals surface area contributed by atoms with Gasteiger partial charge in [-0.05, 0) is 38.1 Å². The average Bonchev–Trinajstić information content (AvgIpc) is 3.15. The maximum absolute atomic E-state index is 6.40. The van der Waals surface area contributed by atoms with Crippen molar-refractivity contribution in [1.82, 2.24) is 19.4 Å². The van der Waals surface area contributed by atoms with Gasteiger partial charge in [0.2, 0.25) is 0 Å². The summed E-state index contributed by atoms with van der Waals surface area (Å²) in [6.07, 6.45) is 8.29. The number of unbranched alkanes of at least 4 members (excludes halogenated alkanes) is 4. The van der Waals surface area contributed by atoms with Gasteiger partial charge < -0.3 is 20.1 Å². The van der Waals surface area contributed by atoms with Crippen molar-refractivity contribution in [2.75, 3.05) is 43.9 Å². The van der Waals surface area contributed by atoms with Crippen molar-refractivity contribution >= 4 is 33.4 Å². The summed E-state index contributed by atoms with van der Waals surface area (Å²) in [5, 5.41) is 1.19. The molecule has 1 aromatic carbocycles. The third-order valence-electron chi connectivity index (χ3n) is 6.62. The summed E-state index contributed by atoms with van der Waals surface area (Å²) in [4.78, 5) is 14.6. The Kier molecular flexibility index (Phi) is 6.96. The molecule has 4 rings (SSSR count). The average molecular weight is 423 g/mol. The highest BCUT2D eigenvalue weighted by Gasteiger charge is 2.19. The van der Waals surface area contributed by atoms with E-state index in [1.54, 1.807) is 0 Å². The number of nitrogens with two attached hydrogens (primary N) is 1. The van der Waals surface area contributed by atoms with E-state index < -0.39 is 0 Å². The van der Waals surface area contributed by atoms with Crippen molar-refractivity contribution in [3.63, 3.8) is 0 Å². The lowest BCUT2D eigenvalue weighted by Crippen LogP contribution is -2.44. The fraction of sp³-hybridized carbons (Fsp3) is 0.600. The first-order chi connectivity index (χ1) is 15.1. The second-order valence-corrected chi connectivity index (χ2v) is 9.03. The van der Waals surface area contributed by atoms with Crippen molar-refractivity contribution in [3.05, 3.63) is 24.0 Å². The van der Waals surface area contributed by atoms with Gasteiger partial charge in [0.1, 0.15) is 11.3 Å². The number of anilines is 2. The van der Waals surface area contributed by atoms with Crippen LogP contribution in [0.15, 0.2) is 18.2 Å². The number of hydrogen-bond acceptors (Lipinski definition) is 5. The molecule has 0 spiro atoms. The van der Waals surface area contributed by atoms with Crippen molar-refractivity contribution in [2.45, 2.75) is 65.3 Å². The van der Waals surface area contributed by atoms with Crippen LogP contribution >= 0.6 is 0 Å². The Balaban J connectivity index is 1.80. The molecule has 1 fully saturated rings. The van der Waals surface area contributed by atoms with Crippen LogP contribution in [0, 0.1) is 0 Å². The highest BCUT2D eigenvalue weighted by molar-refractivity contribution is 6.07. The van der Waals surface area contributed by atoms with E-state index in [1.165, 1.54) is 54.5 Å². The molecule has 6 heteroatoms. The van der Waals surface area contributed by atoms with Gasteiger partial charge in [0.15, 0.2) is 5.82 Å². The van der Waals surface area contributed by atoms with E-state index >= 15 is 0 Å². The molecular weight excluding hydrogens is 384 g/mol. The van der Waals surface area contributed by atoms with E-state index in [4.69, 9.17) is 15.7 Å². The zero-order chi connectivity index (χ0) is 21.8. The number of rotatable bonds is 9. The molecule has 0 bridgehead atoms. The molecule has 31 heavy (non-hydrogen) atoms. The summed E-state index contributed by atoms with van der Waals surface area (Å²) < 4.78 is 2.45. The fourth-order valence-electron chi connectivity index (χ4n) is 4.67. The molecule has 1 saturated heterocycles. The Morgan fingerprint density at radius 2 is 1.71 bits per heavy atom. The molecule has 0 aliphatic carbocycles. The number of fused-ring (bicyclic) bond motifs is 3. The summed E-state index contributed by atoms with van der Waals surface area (Å²) in [7, 11) is 2.20. The van der Waals surface area contributed by atoms with Gasteiger partial charge in [-0.1, -0.05) is 39.5 Å². The van der Waals surface area contributed by atoms with Gasteiger partial charge in [-0.25, -0.2) is 9.97 Å². The van der Waals surface area contributed by atoms with E-state index in [-0.39, 0.29) is 0 Å². The van der Waals surface area contributed by atoms with Crippen LogP contribution in [0.2, 0.25) is 0 Å². The summed E-state index contributed by atoms with van der Waals surface area (Å²) in [5.41, 5.74) is 10.7. The monoisotopic (exact) mass is 422 g/mol. The normalized spacial score (nSPS) is 15.4. The minimum absolute atomic E-state index is 0.555. The maximum Gasteiger partial charge on any atom is 0.152 e. The van der Waals surface area contributed by atoms with Gasteiger partial charge in [-0.3, -0.25) is 0 Å². The molecule has 0 amide bonds. The molecule has 0 unspecified atom stereocenters. The van der Waals surface area contributed by atoms with E-state index in [1.807, 2.05) is 0 Å². The number of nitrogens with zero attached hydrogens (tertiary/aromatic N) is 5. The highest BCUT2D eigenvalue weighted by Crippen LogP contribution is 2.32. The molecule has 3 heterocycles. The number of pyridine rings is 1. The SMILES string of the molecule is CCCCCCn1c(CCCC)nc2c(N)nc3ccc(N4CCN(C)CC4)cc3c21. The molecule has 1 aliphatic rings. The van der Waals surface area contributed by atoms with Gasteiger partial charge >= 0.3 is 0 Å². The number of imidazole rings is 1.